The minimum Gasteiger partial charge on any atom is -0.338 e. The van der Waals surface area contributed by atoms with Gasteiger partial charge in [-0.25, -0.2) is 0 Å². The zero-order valence-corrected chi connectivity index (χ0v) is 15.1. The number of amides is 1. The van der Waals surface area contributed by atoms with Gasteiger partial charge in [0.25, 0.3) is 5.91 Å². The van der Waals surface area contributed by atoms with Gasteiger partial charge in [0.05, 0.1) is 18.4 Å². The average Bonchev–Trinajstić information content (AvgIpc) is 3.22. The fourth-order valence-corrected chi connectivity index (χ4v) is 2.63. The van der Waals surface area contributed by atoms with Gasteiger partial charge >= 0.3 is 0 Å². The standard InChI is InChI=1S/C18H22N6O2/c1-4-24(12-17-20-13(2)22-26-17)10-14-6-5-7-15(8-14)18(25)21-16-9-19-23(3)11-16/h5-9,11H,4,10,12H2,1-3H3,(H,21,25). The fraction of sp³-hybridized carbons (Fsp3) is 0.333. The number of benzene rings is 1. The summed E-state index contributed by atoms with van der Waals surface area (Å²) in [6.07, 6.45) is 3.37. The van der Waals surface area contributed by atoms with E-state index in [4.69, 9.17) is 4.52 Å². The number of hydrogen-bond acceptors (Lipinski definition) is 6. The maximum absolute atomic E-state index is 12.4. The molecule has 0 saturated heterocycles. The SMILES string of the molecule is CCN(Cc1cccc(C(=O)Nc2cnn(C)c2)c1)Cc1nc(C)no1. The normalized spacial score (nSPS) is 11.1. The van der Waals surface area contributed by atoms with E-state index in [1.165, 1.54) is 0 Å². The Hall–Kier alpha value is -3.00. The third kappa shape index (κ3) is 4.54. The third-order valence-corrected chi connectivity index (χ3v) is 3.93. The minimum atomic E-state index is -0.157. The Morgan fingerprint density at radius 3 is 2.85 bits per heavy atom. The van der Waals surface area contributed by atoms with Crippen molar-refractivity contribution in [3.8, 4) is 0 Å². The first-order valence-corrected chi connectivity index (χ1v) is 8.44. The van der Waals surface area contributed by atoms with E-state index in [1.807, 2.05) is 18.2 Å². The molecule has 26 heavy (non-hydrogen) atoms. The molecule has 2 aromatic heterocycles. The smallest absolute Gasteiger partial charge is 0.255 e. The molecule has 0 radical (unpaired) electrons. The second-order valence-corrected chi connectivity index (χ2v) is 6.10. The Kier molecular flexibility index (Phi) is 5.43. The van der Waals surface area contributed by atoms with E-state index >= 15 is 0 Å². The number of carbonyl (C=O) groups excluding carboxylic acids is 1. The van der Waals surface area contributed by atoms with Gasteiger partial charge < -0.3 is 9.84 Å². The van der Waals surface area contributed by atoms with Gasteiger partial charge in [-0.05, 0) is 31.2 Å². The highest BCUT2D eigenvalue weighted by molar-refractivity contribution is 6.04. The van der Waals surface area contributed by atoms with E-state index in [1.54, 1.807) is 37.1 Å². The summed E-state index contributed by atoms with van der Waals surface area (Å²) < 4.78 is 6.83. The van der Waals surface area contributed by atoms with Gasteiger partial charge in [-0.3, -0.25) is 14.4 Å². The molecule has 0 aliphatic carbocycles. The summed E-state index contributed by atoms with van der Waals surface area (Å²) in [5, 5.41) is 10.7. The van der Waals surface area contributed by atoms with E-state index in [0.717, 1.165) is 12.1 Å². The molecule has 8 nitrogen and oxygen atoms in total. The lowest BCUT2D eigenvalue weighted by atomic mass is 10.1. The summed E-state index contributed by atoms with van der Waals surface area (Å²) in [5.41, 5.74) is 2.32. The average molecular weight is 354 g/mol. The number of aromatic nitrogens is 4. The van der Waals surface area contributed by atoms with Crippen LogP contribution in [0.3, 0.4) is 0 Å². The molecule has 1 amide bonds. The number of anilines is 1. The van der Waals surface area contributed by atoms with E-state index in [2.05, 4.69) is 32.4 Å². The predicted molar refractivity (Wildman–Crippen MR) is 96.4 cm³/mol. The minimum absolute atomic E-state index is 0.157. The Morgan fingerprint density at radius 1 is 1.35 bits per heavy atom. The van der Waals surface area contributed by atoms with Crippen LogP contribution in [0.15, 0.2) is 41.2 Å². The van der Waals surface area contributed by atoms with Gasteiger partial charge in [0.15, 0.2) is 5.82 Å². The quantitative estimate of drug-likeness (QED) is 0.701. The van der Waals surface area contributed by atoms with Crippen molar-refractivity contribution in [3.05, 3.63) is 59.5 Å². The summed E-state index contributed by atoms with van der Waals surface area (Å²) in [6.45, 7) is 5.96. The molecule has 1 N–H and O–H groups in total. The third-order valence-electron chi connectivity index (χ3n) is 3.93. The molecular weight excluding hydrogens is 332 g/mol. The molecule has 0 aliphatic rings. The monoisotopic (exact) mass is 354 g/mol. The lowest BCUT2D eigenvalue weighted by Crippen LogP contribution is -2.23. The van der Waals surface area contributed by atoms with Gasteiger partial charge in [-0.2, -0.15) is 10.1 Å². The number of carbonyl (C=O) groups is 1. The number of aryl methyl sites for hydroxylation is 2. The summed E-state index contributed by atoms with van der Waals surface area (Å²) in [4.78, 5) is 18.8. The Balaban J connectivity index is 1.66. The van der Waals surface area contributed by atoms with Gasteiger partial charge in [-0.15, -0.1) is 0 Å². The number of nitrogens with one attached hydrogen (secondary N) is 1. The molecule has 3 rings (SSSR count). The van der Waals surface area contributed by atoms with Crippen molar-refractivity contribution >= 4 is 11.6 Å². The largest absolute Gasteiger partial charge is 0.338 e. The number of nitrogens with zero attached hydrogens (tertiary/aromatic N) is 5. The second kappa shape index (κ2) is 7.92. The Morgan fingerprint density at radius 2 is 2.19 bits per heavy atom. The molecule has 3 aromatic rings. The van der Waals surface area contributed by atoms with Crippen LogP contribution in [-0.4, -0.2) is 37.3 Å². The van der Waals surface area contributed by atoms with Gasteiger partial charge in [0, 0.05) is 25.4 Å². The van der Waals surface area contributed by atoms with Crippen LogP contribution >= 0.6 is 0 Å². The van der Waals surface area contributed by atoms with Crippen molar-refractivity contribution in [2.24, 2.45) is 7.05 Å². The molecule has 8 heteroatoms. The Labute approximate surface area is 151 Å². The van der Waals surface area contributed by atoms with Crippen LogP contribution in [0, 0.1) is 6.92 Å². The van der Waals surface area contributed by atoms with Crippen LogP contribution in [0.25, 0.3) is 0 Å². The number of rotatable bonds is 7. The van der Waals surface area contributed by atoms with E-state index in [0.29, 0.717) is 36.1 Å². The van der Waals surface area contributed by atoms with Crippen LogP contribution in [-0.2, 0) is 20.1 Å². The van der Waals surface area contributed by atoms with Crippen LogP contribution < -0.4 is 5.32 Å². The van der Waals surface area contributed by atoms with Gasteiger partial charge in [0.1, 0.15) is 0 Å². The van der Waals surface area contributed by atoms with Crippen LogP contribution in [0.4, 0.5) is 5.69 Å². The van der Waals surface area contributed by atoms with E-state index < -0.39 is 0 Å². The van der Waals surface area contributed by atoms with Crippen molar-refractivity contribution < 1.29 is 9.32 Å². The fourth-order valence-electron chi connectivity index (χ4n) is 2.63. The van der Waals surface area contributed by atoms with Gasteiger partial charge in [-0.1, -0.05) is 24.2 Å². The van der Waals surface area contributed by atoms with Crippen molar-refractivity contribution in [1.29, 1.82) is 0 Å². The zero-order chi connectivity index (χ0) is 18.5. The van der Waals surface area contributed by atoms with Crippen LogP contribution in [0.2, 0.25) is 0 Å². The highest BCUT2D eigenvalue weighted by Crippen LogP contribution is 2.13. The van der Waals surface area contributed by atoms with Crippen molar-refractivity contribution in [3.63, 3.8) is 0 Å². The predicted octanol–water partition coefficient (Wildman–Crippen LogP) is 2.39. The summed E-state index contributed by atoms with van der Waals surface area (Å²) >= 11 is 0. The molecule has 0 atom stereocenters. The molecule has 0 fully saturated rings. The molecule has 1 aromatic carbocycles. The topological polar surface area (TPSA) is 89.1 Å². The van der Waals surface area contributed by atoms with E-state index in [-0.39, 0.29) is 5.91 Å². The Bertz CT molecular complexity index is 885. The molecular formula is C18H22N6O2. The van der Waals surface area contributed by atoms with Crippen molar-refractivity contribution in [2.75, 3.05) is 11.9 Å². The molecule has 0 bridgehead atoms. The molecule has 0 saturated carbocycles. The van der Waals surface area contributed by atoms with Crippen molar-refractivity contribution in [2.45, 2.75) is 26.9 Å². The van der Waals surface area contributed by atoms with Gasteiger partial charge in [0.2, 0.25) is 5.89 Å². The zero-order valence-electron chi connectivity index (χ0n) is 15.1. The lowest BCUT2D eigenvalue weighted by Gasteiger charge is -2.18. The van der Waals surface area contributed by atoms with Crippen LogP contribution in [0.5, 0.6) is 0 Å². The molecule has 0 aliphatic heterocycles. The molecule has 0 unspecified atom stereocenters. The maximum atomic E-state index is 12.4. The maximum Gasteiger partial charge on any atom is 0.255 e. The highest BCUT2D eigenvalue weighted by Gasteiger charge is 2.12. The summed E-state index contributed by atoms with van der Waals surface area (Å²) in [7, 11) is 1.81. The first-order chi connectivity index (χ1) is 12.5. The molecule has 136 valence electrons. The van der Waals surface area contributed by atoms with E-state index in [9.17, 15) is 4.79 Å². The summed E-state index contributed by atoms with van der Waals surface area (Å²) in [6, 6.07) is 7.58. The first kappa shape index (κ1) is 17.8. The van der Waals surface area contributed by atoms with Crippen molar-refractivity contribution in [1.82, 2.24) is 24.8 Å². The summed E-state index contributed by atoms with van der Waals surface area (Å²) in [5.74, 6) is 1.07. The second-order valence-electron chi connectivity index (χ2n) is 6.10. The lowest BCUT2D eigenvalue weighted by molar-refractivity contribution is 0.102. The van der Waals surface area contributed by atoms with Crippen LogP contribution in [0.1, 0.15) is 34.6 Å². The number of hydrogen-bond donors (Lipinski definition) is 1. The first-order valence-electron chi connectivity index (χ1n) is 8.44. The molecule has 2 heterocycles. The molecule has 0 spiro atoms. The highest BCUT2D eigenvalue weighted by atomic mass is 16.5.